The fourth-order valence-electron chi connectivity index (χ4n) is 3.59. The zero-order chi connectivity index (χ0) is 21.6. The molecule has 0 saturated carbocycles. The van der Waals surface area contributed by atoms with Crippen LogP contribution in [-0.4, -0.2) is 60.1 Å². The molecule has 0 atom stereocenters. The molecule has 4 rings (SSSR count). The van der Waals surface area contributed by atoms with E-state index in [4.69, 9.17) is 4.42 Å². The third-order valence-electron chi connectivity index (χ3n) is 5.24. The molecule has 2 heterocycles. The predicted octanol–water partition coefficient (Wildman–Crippen LogP) is 2.91. The zero-order valence-corrected chi connectivity index (χ0v) is 17.0. The van der Waals surface area contributed by atoms with Crippen molar-refractivity contribution in [2.45, 2.75) is 0 Å². The maximum Gasteiger partial charge on any atom is 0.289 e. The minimum Gasteiger partial charge on any atom is -0.459 e. The number of amides is 2. The largest absolute Gasteiger partial charge is 0.459 e. The molecule has 0 bridgehead atoms. The number of rotatable bonds is 6. The van der Waals surface area contributed by atoms with Crippen LogP contribution in [-0.2, 0) is 4.79 Å². The summed E-state index contributed by atoms with van der Waals surface area (Å²) in [5.41, 5.74) is 1.52. The van der Waals surface area contributed by atoms with Crippen LogP contribution in [0.25, 0.3) is 0 Å². The number of carbonyl (C=O) groups excluding carboxylic acids is 3. The Hall–Kier alpha value is -3.71. The number of hydrogen-bond acceptors (Lipinski definition) is 5. The van der Waals surface area contributed by atoms with Crippen molar-refractivity contribution in [3.05, 3.63) is 89.9 Å². The summed E-state index contributed by atoms with van der Waals surface area (Å²) in [7, 11) is 0. The fourth-order valence-corrected chi connectivity index (χ4v) is 3.59. The molecule has 2 aromatic carbocycles. The maximum atomic E-state index is 12.8. The van der Waals surface area contributed by atoms with Crippen LogP contribution in [0, 0.1) is 0 Å². The van der Waals surface area contributed by atoms with Gasteiger partial charge in [0.2, 0.25) is 5.91 Å². The Kier molecular flexibility index (Phi) is 6.24. The maximum absolute atomic E-state index is 12.8. The minimum absolute atomic E-state index is 0.137. The average Bonchev–Trinajstić information content (AvgIpc) is 3.35. The molecule has 1 saturated heterocycles. The summed E-state index contributed by atoms with van der Waals surface area (Å²) in [4.78, 5) is 41.5. The van der Waals surface area contributed by atoms with Crippen LogP contribution >= 0.6 is 0 Å². The van der Waals surface area contributed by atoms with Crippen molar-refractivity contribution in [1.82, 2.24) is 9.80 Å². The molecular formula is C24H23N3O4. The third kappa shape index (κ3) is 4.90. The molecule has 158 valence electrons. The van der Waals surface area contributed by atoms with Gasteiger partial charge in [-0.3, -0.25) is 19.3 Å². The van der Waals surface area contributed by atoms with Gasteiger partial charge in [0, 0.05) is 37.3 Å². The SMILES string of the molecule is O=C(CN1CCN(C(=O)c2ccco2)CC1)Nc1ccccc1C(=O)c1ccccc1. The number of nitrogens with one attached hydrogen (secondary N) is 1. The number of anilines is 1. The molecule has 0 spiro atoms. The summed E-state index contributed by atoms with van der Waals surface area (Å²) >= 11 is 0. The number of benzene rings is 2. The first-order chi connectivity index (χ1) is 15.1. The molecular weight excluding hydrogens is 394 g/mol. The predicted molar refractivity (Wildman–Crippen MR) is 116 cm³/mol. The van der Waals surface area contributed by atoms with Gasteiger partial charge < -0.3 is 14.6 Å². The molecule has 1 aliphatic rings. The van der Waals surface area contributed by atoms with Crippen molar-refractivity contribution in [3.63, 3.8) is 0 Å². The smallest absolute Gasteiger partial charge is 0.289 e. The highest BCUT2D eigenvalue weighted by Gasteiger charge is 2.25. The molecule has 1 aliphatic heterocycles. The third-order valence-corrected chi connectivity index (χ3v) is 5.24. The number of carbonyl (C=O) groups is 3. The Labute approximate surface area is 180 Å². The van der Waals surface area contributed by atoms with Crippen molar-refractivity contribution in [1.29, 1.82) is 0 Å². The van der Waals surface area contributed by atoms with Gasteiger partial charge in [-0.15, -0.1) is 0 Å². The van der Waals surface area contributed by atoms with Gasteiger partial charge in [-0.25, -0.2) is 0 Å². The monoisotopic (exact) mass is 417 g/mol. The highest BCUT2D eigenvalue weighted by atomic mass is 16.3. The number of furan rings is 1. The lowest BCUT2D eigenvalue weighted by molar-refractivity contribution is -0.117. The standard InChI is InChI=1S/C24H23N3O4/c28-22(17-26-12-14-27(15-13-26)24(30)21-11-6-16-31-21)25-20-10-5-4-9-19(20)23(29)18-7-2-1-3-8-18/h1-11,16H,12-15,17H2,(H,25,28). The topological polar surface area (TPSA) is 82.9 Å². The van der Waals surface area contributed by atoms with E-state index in [1.54, 1.807) is 53.4 Å². The van der Waals surface area contributed by atoms with Crippen LogP contribution in [0.1, 0.15) is 26.5 Å². The van der Waals surface area contributed by atoms with E-state index in [1.165, 1.54) is 6.26 Å². The summed E-state index contributed by atoms with van der Waals surface area (Å²) in [5.74, 6) is -0.144. The van der Waals surface area contributed by atoms with E-state index >= 15 is 0 Å². The van der Waals surface area contributed by atoms with Crippen molar-refractivity contribution in [3.8, 4) is 0 Å². The number of hydrogen-bond donors (Lipinski definition) is 1. The van der Waals surface area contributed by atoms with Gasteiger partial charge in [0.05, 0.1) is 18.5 Å². The van der Waals surface area contributed by atoms with E-state index < -0.39 is 0 Å². The summed E-state index contributed by atoms with van der Waals surface area (Å²) in [5, 5.41) is 2.87. The van der Waals surface area contributed by atoms with Crippen LogP contribution in [0.15, 0.2) is 77.4 Å². The van der Waals surface area contributed by atoms with Gasteiger partial charge in [0.25, 0.3) is 5.91 Å². The lowest BCUT2D eigenvalue weighted by Crippen LogP contribution is -2.50. The number of piperazine rings is 1. The number of nitrogens with zero attached hydrogens (tertiary/aromatic N) is 2. The quantitative estimate of drug-likeness (QED) is 0.624. The van der Waals surface area contributed by atoms with Crippen LogP contribution in [0.2, 0.25) is 0 Å². The van der Waals surface area contributed by atoms with Crippen molar-refractivity contribution >= 4 is 23.3 Å². The molecule has 3 aromatic rings. The van der Waals surface area contributed by atoms with E-state index in [0.29, 0.717) is 48.8 Å². The van der Waals surface area contributed by atoms with Crippen LogP contribution in [0.3, 0.4) is 0 Å². The Balaban J connectivity index is 1.34. The second-order valence-corrected chi connectivity index (χ2v) is 7.33. The Morgan fingerprint density at radius 1 is 0.839 bits per heavy atom. The molecule has 1 aromatic heterocycles. The molecule has 0 radical (unpaired) electrons. The first-order valence-electron chi connectivity index (χ1n) is 10.2. The van der Waals surface area contributed by atoms with Gasteiger partial charge in [0.1, 0.15) is 0 Å². The van der Waals surface area contributed by atoms with Gasteiger partial charge in [-0.1, -0.05) is 42.5 Å². The van der Waals surface area contributed by atoms with Crippen LogP contribution in [0.5, 0.6) is 0 Å². The summed E-state index contributed by atoms with van der Waals surface area (Å²) < 4.78 is 5.17. The molecule has 0 unspecified atom stereocenters. The zero-order valence-electron chi connectivity index (χ0n) is 17.0. The first-order valence-corrected chi connectivity index (χ1v) is 10.2. The molecule has 7 nitrogen and oxygen atoms in total. The summed E-state index contributed by atoms with van der Waals surface area (Å²) in [6, 6.07) is 19.3. The highest BCUT2D eigenvalue weighted by molar-refractivity contribution is 6.13. The molecule has 31 heavy (non-hydrogen) atoms. The Morgan fingerprint density at radius 2 is 1.55 bits per heavy atom. The number of para-hydroxylation sites is 1. The van der Waals surface area contributed by atoms with Crippen molar-refractivity contribution in [2.24, 2.45) is 0 Å². The van der Waals surface area contributed by atoms with Gasteiger partial charge in [-0.2, -0.15) is 0 Å². The van der Waals surface area contributed by atoms with E-state index in [-0.39, 0.29) is 24.1 Å². The number of ketones is 1. The lowest BCUT2D eigenvalue weighted by Gasteiger charge is -2.33. The van der Waals surface area contributed by atoms with Gasteiger partial charge in [0.15, 0.2) is 11.5 Å². The minimum atomic E-state index is -0.195. The summed E-state index contributed by atoms with van der Waals surface area (Å²) in [6.45, 7) is 2.41. The van der Waals surface area contributed by atoms with Gasteiger partial charge >= 0.3 is 0 Å². The first kappa shape index (κ1) is 20.6. The highest BCUT2D eigenvalue weighted by Crippen LogP contribution is 2.19. The average molecular weight is 417 g/mol. The summed E-state index contributed by atoms with van der Waals surface area (Å²) in [6.07, 6.45) is 1.48. The molecule has 7 heteroatoms. The second kappa shape index (κ2) is 9.40. The van der Waals surface area contributed by atoms with E-state index in [1.807, 2.05) is 23.1 Å². The molecule has 1 fully saturated rings. The molecule has 0 aliphatic carbocycles. The molecule has 1 N–H and O–H groups in total. The van der Waals surface area contributed by atoms with Crippen molar-refractivity contribution < 1.29 is 18.8 Å². The fraction of sp³-hybridized carbons (Fsp3) is 0.208. The Morgan fingerprint density at radius 3 is 2.26 bits per heavy atom. The van der Waals surface area contributed by atoms with Crippen molar-refractivity contribution in [2.75, 3.05) is 38.0 Å². The Bertz CT molecular complexity index is 1060. The van der Waals surface area contributed by atoms with Gasteiger partial charge in [-0.05, 0) is 24.3 Å². The lowest BCUT2D eigenvalue weighted by atomic mass is 10.0. The van der Waals surface area contributed by atoms with Crippen LogP contribution in [0.4, 0.5) is 5.69 Å². The van der Waals surface area contributed by atoms with E-state index in [9.17, 15) is 14.4 Å². The van der Waals surface area contributed by atoms with Crippen LogP contribution < -0.4 is 5.32 Å². The normalized spacial score (nSPS) is 14.3. The second-order valence-electron chi connectivity index (χ2n) is 7.33. The van der Waals surface area contributed by atoms with E-state index in [2.05, 4.69) is 5.32 Å². The van der Waals surface area contributed by atoms with E-state index in [0.717, 1.165) is 0 Å². The molecule has 2 amide bonds.